The van der Waals surface area contributed by atoms with Crippen molar-refractivity contribution in [1.29, 1.82) is 0 Å². The molecule has 0 unspecified atom stereocenters. The summed E-state index contributed by atoms with van der Waals surface area (Å²) in [4.78, 5) is 0. The zero-order chi connectivity index (χ0) is 13.2. The summed E-state index contributed by atoms with van der Waals surface area (Å²) < 4.78 is 0. The maximum atomic E-state index is 10.0. The summed E-state index contributed by atoms with van der Waals surface area (Å²) in [7, 11) is 0. The van der Waals surface area contributed by atoms with Gasteiger partial charge >= 0.3 is 0 Å². The van der Waals surface area contributed by atoms with Crippen LogP contribution in [0.1, 0.15) is 37.5 Å². The van der Waals surface area contributed by atoms with Crippen molar-refractivity contribution in [1.82, 2.24) is 0 Å². The van der Waals surface area contributed by atoms with Crippen molar-refractivity contribution >= 4 is 0 Å². The standard InChI is InChI=1S/C17H20O/c1-4-13-9-11-14(12-10-13)17(2,3)15-7-5-6-8-16(15)18/h5-12,18H,4H2,1-3H3. The minimum Gasteiger partial charge on any atom is -0.508 e. The van der Waals surface area contributed by atoms with E-state index < -0.39 is 0 Å². The van der Waals surface area contributed by atoms with Crippen LogP contribution in [0.15, 0.2) is 48.5 Å². The van der Waals surface area contributed by atoms with Gasteiger partial charge in [-0.2, -0.15) is 0 Å². The molecule has 0 radical (unpaired) electrons. The molecule has 2 aromatic carbocycles. The van der Waals surface area contributed by atoms with E-state index in [1.165, 1.54) is 11.1 Å². The smallest absolute Gasteiger partial charge is 0.119 e. The van der Waals surface area contributed by atoms with E-state index in [0.29, 0.717) is 5.75 Å². The van der Waals surface area contributed by atoms with Crippen LogP contribution in [0.25, 0.3) is 0 Å². The minimum absolute atomic E-state index is 0.183. The maximum Gasteiger partial charge on any atom is 0.119 e. The lowest BCUT2D eigenvalue weighted by Gasteiger charge is -2.27. The van der Waals surface area contributed by atoms with E-state index in [4.69, 9.17) is 0 Å². The van der Waals surface area contributed by atoms with Crippen molar-refractivity contribution in [3.8, 4) is 5.75 Å². The lowest BCUT2D eigenvalue weighted by Crippen LogP contribution is -2.18. The second kappa shape index (κ2) is 4.85. The first-order chi connectivity index (χ1) is 8.55. The molecule has 0 atom stereocenters. The summed E-state index contributed by atoms with van der Waals surface area (Å²) in [5, 5.41) is 10.0. The van der Waals surface area contributed by atoms with Gasteiger partial charge in [0.1, 0.15) is 5.75 Å². The molecular weight excluding hydrogens is 220 g/mol. The highest BCUT2D eigenvalue weighted by Gasteiger charge is 2.25. The van der Waals surface area contributed by atoms with Crippen molar-refractivity contribution in [2.24, 2.45) is 0 Å². The summed E-state index contributed by atoms with van der Waals surface area (Å²) in [5.74, 6) is 0.363. The van der Waals surface area contributed by atoms with Crippen molar-refractivity contribution in [3.05, 3.63) is 65.2 Å². The molecule has 0 aliphatic carbocycles. The van der Waals surface area contributed by atoms with Gasteiger partial charge in [-0.1, -0.05) is 63.2 Å². The summed E-state index contributed by atoms with van der Waals surface area (Å²) >= 11 is 0. The third kappa shape index (κ3) is 2.26. The van der Waals surface area contributed by atoms with Gasteiger partial charge in [0, 0.05) is 11.0 Å². The fourth-order valence-corrected chi connectivity index (χ4v) is 2.31. The number of rotatable bonds is 3. The first-order valence-corrected chi connectivity index (χ1v) is 6.43. The number of phenolic OH excluding ortho intramolecular Hbond substituents is 1. The van der Waals surface area contributed by atoms with Gasteiger partial charge in [0.25, 0.3) is 0 Å². The fourth-order valence-electron chi connectivity index (χ4n) is 2.31. The second-order valence-electron chi connectivity index (χ2n) is 5.19. The lowest BCUT2D eigenvalue weighted by atomic mass is 9.77. The molecule has 1 heteroatoms. The highest BCUT2D eigenvalue weighted by Crippen LogP contribution is 2.36. The normalized spacial score (nSPS) is 11.5. The van der Waals surface area contributed by atoms with Crippen LogP contribution in [0.3, 0.4) is 0 Å². The zero-order valence-electron chi connectivity index (χ0n) is 11.3. The van der Waals surface area contributed by atoms with Crippen LogP contribution in [-0.2, 0) is 11.8 Å². The van der Waals surface area contributed by atoms with Crippen LogP contribution >= 0.6 is 0 Å². The molecule has 0 aromatic heterocycles. The monoisotopic (exact) mass is 240 g/mol. The molecule has 94 valence electrons. The molecule has 0 aliphatic heterocycles. The number of hydrogen-bond acceptors (Lipinski definition) is 1. The third-order valence-electron chi connectivity index (χ3n) is 3.66. The van der Waals surface area contributed by atoms with Crippen molar-refractivity contribution in [3.63, 3.8) is 0 Å². The van der Waals surface area contributed by atoms with E-state index in [1.807, 2.05) is 18.2 Å². The first-order valence-electron chi connectivity index (χ1n) is 6.43. The van der Waals surface area contributed by atoms with Crippen molar-refractivity contribution in [2.75, 3.05) is 0 Å². The van der Waals surface area contributed by atoms with Gasteiger partial charge in [-0.3, -0.25) is 0 Å². The Balaban J connectivity index is 2.44. The first kappa shape index (κ1) is 12.7. The zero-order valence-corrected chi connectivity index (χ0v) is 11.3. The average Bonchev–Trinajstić information content (AvgIpc) is 2.39. The Labute approximate surface area is 109 Å². The Bertz CT molecular complexity index is 524. The number of phenols is 1. The van der Waals surface area contributed by atoms with Gasteiger partial charge < -0.3 is 5.11 Å². The highest BCUT2D eigenvalue weighted by atomic mass is 16.3. The Kier molecular flexibility index (Phi) is 3.42. The Morgan fingerprint density at radius 3 is 2.11 bits per heavy atom. The number of aryl methyl sites for hydroxylation is 1. The number of hydrogen-bond donors (Lipinski definition) is 1. The summed E-state index contributed by atoms with van der Waals surface area (Å²) in [5.41, 5.74) is 3.35. The summed E-state index contributed by atoms with van der Waals surface area (Å²) in [6.07, 6.45) is 1.05. The molecule has 0 amide bonds. The molecule has 0 spiro atoms. The van der Waals surface area contributed by atoms with Gasteiger partial charge in [0.05, 0.1) is 0 Å². The van der Waals surface area contributed by atoms with E-state index in [0.717, 1.165) is 12.0 Å². The van der Waals surface area contributed by atoms with Crippen LogP contribution in [0.5, 0.6) is 5.75 Å². The molecule has 1 nitrogen and oxygen atoms in total. The lowest BCUT2D eigenvalue weighted by molar-refractivity contribution is 0.453. The minimum atomic E-state index is -0.183. The van der Waals surface area contributed by atoms with Gasteiger partial charge in [-0.05, 0) is 23.6 Å². The maximum absolute atomic E-state index is 10.0. The van der Waals surface area contributed by atoms with Crippen molar-refractivity contribution < 1.29 is 5.11 Å². The Morgan fingerprint density at radius 1 is 0.944 bits per heavy atom. The van der Waals surface area contributed by atoms with E-state index in [2.05, 4.69) is 45.0 Å². The van der Waals surface area contributed by atoms with E-state index in [-0.39, 0.29) is 5.41 Å². The van der Waals surface area contributed by atoms with Crippen LogP contribution < -0.4 is 0 Å². The predicted octanol–water partition coefficient (Wildman–Crippen LogP) is 4.28. The van der Waals surface area contributed by atoms with Crippen LogP contribution in [-0.4, -0.2) is 5.11 Å². The molecule has 0 heterocycles. The molecule has 18 heavy (non-hydrogen) atoms. The molecular formula is C17H20O. The molecule has 0 bridgehead atoms. The molecule has 0 saturated heterocycles. The van der Waals surface area contributed by atoms with Crippen molar-refractivity contribution in [2.45, 2.75) is 32.6 Å². The van der Waals surface area contributed by atoms with Gasteiger partial charge in [0.2, 0.25) is 0 Å². The molecule has 0 saturated carbocycles. The number of aromatic hydroxyl groups is 1. The molecule has 2 aromatic rings. The molecule has 0 aliphatic rings. The van der Waals surface area contributed by atoms with Crippen LogP contribution in [0, 0.1) is 0 Å². The average molecular weight is 240 g/mol. The van der Waals surface area contributed by atoms with Crippen LogP contribution in [0.2, 0.25) is 0 Å². The Hall–Kier alpha value is -1.76. The SMILES string of the molecule is CCc1ccc(C(C)(C)c2ccccc2O)cc1. The quantitative estimate of drug-likeness (QED) is 0.849. The van der Waals surface area contributed by atoms with Gasteiger partial charge in [-0.15, -0.1) is 0 Å². The largest absolute Gasteiger partial charge is 0.508 e. The predicted molar refractivity (Wildman–Crippen MR) is 76.1 cm³/mol. The van der Waals surface area contributed by atoms with Gasteiger partial charge in [0.15, 0.2) is 0 Å². The number of benzene rings is 2. The molecule has 2 rings (SSSR count). The van der Waals surface area contributed by atoms with Gasteiger partial charge in [-0.25, -0.2) is 0 Å². The summed E-state index contributed by atoms with van der Waals surface area (Å²) in [6, 6.07) is 16.2. The highest BCUT2D eigenvalue weighted by molar-refractivity contribution is 5.45. The van der Waals surface area contributed by atoms with Crippen LogP contribution in [0.4, 0.5) is 0 Å². The van der Waals surface area contributed by atoms with E-state index >= 15 is 0 Å². The fraction of sp³-hybridized carbons (Fsp3) is 0.294. The number of para-hydroxylation sites is 1. The topological polar surface area (TPSA) is 20.2 Å². The molecule has 1 N–H and O–H groups in total. The van der Waals surface area contributed by atoms with E-state index in [9.17, 15) is 5.11 Å². The Morgan fingerprint density at radius 2 is 1.56 bits per heavy atom. The van der Waals surface area contributed by atoms with E-state index in [1.54, 1.807) is 6.07 Å². The second-order valence-corrected chi connectivity index (χ2v) is 5.19. The summed E-state index contributed by atoms with van der Waals surface area (Å²) in [6.45, 7) is 6.44. The third-order valence-corrected chi connectivity index (χ3v) is 3.66. The molecule has 0 fully saturated rings.